The topological polar surface area (TPSA) is 47.3 Å². The van der Waals surface area contributed by atoms with Crippen LogP contribution in [0.2, 0.25) is 5.02 Å². The molecule has 5 heteroatoms. The van der Waals surface area contributed by atoms with Crippen molar-refractivity contribution in [3.8, 4) is 0 Å². The lowest BCUT2D eigenvalue weighted by Crippen LogP contribution is -2.15. The fourth-order valence-electron chi connectivity index (χ4n) is 2.10. The number of rotatable bonds is 5. The molecule has 1 atom stereocenters. The first-order valence-electron chi connectivity index (χ1n) is 6.08. The molecule has 1 unspecified atom stereocenters. The summed E-state index contributed by atoms with van der Waals surface area (Å²) in [4.78, 5) is 0.387. The van der Waals surface area contributed by atoms with Gasteiger partial charge in [0.15, 0.2) is 0 Å². The highest BCUT2D eigenvalue weighted by Crippen LogP contribution is 2.22. The molecular formula is C13H17ClN2OS. The highest BCUT2D eigenvalue weighted by Gasteiger charge is 2.15. The van der Waals surface area contributed by atoms with Crippen LogP contribution in [-0.2, 0) is 4.74 Å². The molecule has 1 aliphatic rings. The number of hydrogen-bond acceptors (Lipinski definition) is 3. The van der Waals surface area contributed by atoms with Crippen LogP contribution in [0.4, 0.5) is 5.69 Å². The van der Waals surface area contributed by atoms with E-state index in [0.29, 0.717) is 15.9 Å². The summed E-state index contributed by atoms with van der Waals surface area (Å²) in [6, 6.07) is 5.51. The van der Waals surface area contributed by atoms with Gasteiger partial charge in [0.05, 0.1) is 0 Å². The largest absolute Gasteiger partial charge is 0.389 e. The van der Waals surface area contributed by atoms with Gasteiger partial charge < -0.3 is 15.8 Å². The van der Waals surface area contributed by atoms with Crippen molar-refractivity contribution in [3.05, 3.63) is 28.8 Å². The molecule has 0 spiro atoms. The summed E-state index contributed by atoms with van der Waals surface area (Å²) in [5, 5.41) is 4.04. The first-order valence-corrected chi connectivity index (χ1v) is 6.86. The van der Waals surface area contributed by atoms with Crippen LogP contribution in [0.1, 0.15) is 18.4 Å². The van der Waals surface area contributed by atoms with Crippen molar-refractivity contribution in [3.63, 3.8) is 0 Å². The summed E-state index contributed by atoms with van der Waals surface area (Å²) >= 11 is 11.0. The number of halogens is 1. The molecule has 0 aromatic heterocycles. The van der Waals surface area contributed by atoms with E-state index in [-0.39, 0.29) is 0 Å². The van der Waals surface area contributed by atoms with Crippen molar-refractivity contribution in [2.75, 3.05) is 25.1 Å². The first-order chi connectivity index (χ1) is 8.66. The normalized spacial score (nSPS) is 18.8. The summed E-state index contributed by atoms with van der Waals surface area (Å²) in [6.45, 7) is 2.64. The van der Waals surface area contributed by atoms with Gasteiger partial charge in [0, 0.05) is 36.0 Å². The Bertz CT molecular complexity index is 433. The predicted octanol–water partition coefficient (Wildman–Crippen LogP) is 2.81. The lowest BCUT2D eigenvalue weighted by Gasteiger charge is -2.13. The number of hydrogen-bond donors (Lipinski definition) is 2. The molecule has 98 valence electrons. The number of nitrogens with one attached hydrogen (secondary N) is 1. The number of ether oxygens (including phenoxy) is 1. The molecule has 1 heterocycles. The number of benzene rings is 1. The van der Waals surface area contributed by atoms with E-state index >= 15 is 0 Å². The Morgan fingerprint density at radius 2 is 2.39 bits per heavy atom. The molecule has 0 radical (unpaired) electrons. The van der Waals surface area contributed by atoms with Gasteiger partial charge in [0.2, 0.25) is 0 Å². The Hall–Kier alpha value is -0.840. The van der Waals surface area contributed by atoms with E-state index < -0.39 is 0 Å². The van der Waals surface area contributed by atoms with Crippen LogP contribution in [0.25, 0.3) is 0 Å². The van der Waals surface area contributed by atoms with Crippen LogP contribution in [0.5, 0.6) is 0 Å². The van der Waals surface area contributed by atoms with Gasteiger partial charge in [-0.05, 0) is 37.0 Å². The lowest BCUT2D eigenvalue weighted by molar-refractivity contribution is 0.185. The fraction of sp³-hybridized carbons (Fsp3) is 0.462. The summed E-state index contributed by atoms with van der Waals surface area (Å²) in [5.74, 6) is 0.657. The van der Waals surface area contributed by atoms with Gasteiger partial charge in [0.25, 0.3) is 0 Å². The number of thiocarbonyl (C=S) groups is 1. The standard InChI is InChI=1S/C13H17ClN2OS/c14-10-1-2-11(13(15)18)12(7-10)16-5-3-9-4-6-17-8-9/h1-2,7,9,16H,3-6,8H2,(H2,15,18). The molecule has 1 aromatic carbocycles. The Labute approximate surface area is 118 Å². The fourth-order valence-corrected chi connectivity index (χ4v) is 2.45. The molecule has 0 saturated carbocycles. The Morgan fingerprint density at radius 3 is 3.06 bits per heavy atom. The van der Waals surface area contributed by atoms with E-state index in [1.807, 2.05) is 12.1 Å². The van der Waals surface area contributed by atoms with Crippen molar-refractivity contribution in [2.24, 2.45) is 11.7 Å². The van der Waals surface area contributed by atoms with Gasteiger partial charge in [-0.2, -0.15) is 0 Å². The zero-order valence-corrected chi connectivity index (χ0v) is 11.7. The average Bonchev–Trinajstić information content (AvgIpc) is 2.82. The molecule has 3 N–H and O–H groups in total. The van der Waals surface area contributed by atoms with E-state index in [9.17, 15) is 0 Å². The summed E-state index contributed by atoms with van der Waals surface area (Å²) in [5.41, 5.74) is 7.44. The minimum Gasteiger partial charge on any atom is -0.389 e. The minimum absolute atomic E-state index is 0.387. The SMILES string of the molecule is NC(=S)c1ccc(Cl)cc1NCCC1CCOC1. The lowest BCUT2D eigenvalue weighted by atomic mass is 10.1. The van der Waals surface area contributed by atoms with Crippen molar-refractivity contribution in [1.82, 2.24) is 0 Å². The number of anilines is 1. The van der Waals surface area contributed by atoms with E-state index in [2.05, 4.69) is 5.32 Å². The molecule has 0 amide bonds. The average molecular weight is 285 g/mol. The van der Waals surface area contributed by atoms with Crippen molar-refractivity contribution in [1.29, 1.82) is 0 Å². The molecule has 1 saturated heterocycles. The Balaban J connectivity index is 1.94. The molecule has 0 aliphatic carbocycles. The summed E-state index contributed by atoms with van der Waals surface area (Å²) in [6.07, 6.45) is 2.24. The highest BCUT2D eigenvalue weighted by atomic mass is 35.5. The third kappa shape index (κ3) is 3.57. The van der Waals surface area contributed by atoms with Crippen LogP contribution in [0, 0.1) is 5.92 Å². The van der Waals surface area contributed by atoms with Gasteiger partial charge >= 0.3 is 0 Å². The quantitative estimate of drug-likeness (QED) is 0.816. The maximum absolute atomic E-state index is 5.98. The van der Waals surface area contributed by atoms with Crippen LogP contribution in [-0.4, -0.2) is 24.7 Å². The van der Waals surface area contributed by atoms with Crippen molar-refractivity contribution in [2.45, 2.75) is 12.8 Å². The predicted molar refractivity (Wildman–Crippen MR) is 79.4 cm³/mol. The summed E-state index contributed by atoms with van der Waals surface area (Å²) in [7, 11) is 0. The van der Waals surface area contributed by atoms with E-state index in [1.165, 1.54) is 0 Å². The Morgan fingerprint density at radius 1 is 1.56 bits per heavy atom. The van der Waals surface area contributed by atoms with E-state index in [1.54, 1.807) is 6.07 Å². The third-order valence-electron chi connectivity index (χ3n) is 3.14. The Kier molecular flexibility index (Phi) is 4.80. The molecule has 3 nitrogen and oxygen atoms in total. The third-order valence-corrected chi connectivity index (χ3v) is 3.59. The molecule has 0 bridgehead atoms. The van der Waals surface area contributed by atoms with Crippen LogP contribution in [0.3, 0.4) is 0 Å². The number of nitrogens with two attached hydrogens (primary N) is 1. The van der Waals surface area contributed by atoms with Gasteiger partial charge in [0.1, 0.15) is 4.99 Å². The monoisotopic (exact) mass is 284 g/mol. The van der Waals surface area contributed by atoms with E-state index in [0.717, 1.165) is 43.9 Å². The van der Waals surface area contributed by atoms with Gasteiger partial charge in [-0.3, -0.25) is 0 Å². The maximum Gasteiger partial charge on any atom is 0.106 e. The first kappa shape index (κ1) is 13.6. The molecular weight excluding hydrogens is 268 g/mol. The minimum atomic E-state index is 0.387. The smallest absolute Gasteiger partial charge is 0.106 e. The molecule has 2 rings (SSSR count). The molecule has 1 fully saturated rings. The van der Waals surface area contributed by atoms with Crippen molar-refractivity contribution >= 4 is 34.5 Å². The zero-order valence-electron chi connectivity index (χ0n) is 10.1. The van der Waals surface area contributed by atoms with E-state index in [4.69, 9.17) is 34.3 Å². The van der Waals surface area contributed by atoms with Crippen molar-refractivity contribution < 1.29 is 4.74 Å². The second kappa shape index (κ2) is 6.36. The second-order valence-electron chi connectivity index (χ2n) is 4.50. The van der Waals surface area contributed by atoms with Crippen LogP contribution >= 0.6 is 23.8 Å². The molecule has 18 heavy (non-hydrogen) atoms. The molecule has 1 aromatic rings. The van der Waals surface area contributed by atoms with Gasteiger partial charge in [-0.25, -0.2) is 0 Å². The van der Waals surface area contributed by atoms with Gasteiger partial charge in [-0.1, -0.05) is 23.8 Å². The zero-order chi connectivity index (χ0) is 13.0. The van der Waals surface area contributed by atoms with Crippen LogP contribution < -0.4 is 11.1 Å². The second-order valence-corrected chi connectivity index (χ2v) is 5.38. The van der Waals surface area contributed by atoms with Crippen LogP contribution in [0.15, 0.2) is 18.2 Å². The van der Waals surface area contributed by atoms with Gasteiger partial charge in [-0.15, -0.1) is 0 Å². The molecule has 1 aliphatic heterocycles. The highest BCUT2D eigenvalue weighted by molar-refractivity contribution is 7.80. The maximum atomic E-state index is 5.98. The summed E-state index contributed by atoms with van der Waals surface area (Å²) < 4.78 is 5.35.